The van der Waals surface area contributed by atoms with Crippen molar-refractivity contribution in [2.75, 3.05) is 13.6 Å². The van der Waals surface area contributed by atoms with Crippen LogP contribution in [0.4, 0.5) is 5.69 Å². The number of thiazole rings is 1. The Kier molecular flexibility index (Phi) is 5.81. The summed E-state index contributed by atoms with van der Waals surface area (Å²) in [5, 5.41) is 3.37. The Balaban J connectivity index is 1.53. The van der Waals surface area contributed by atoms with Gasteiger partial charge in [-0.3, -0.25) is 0 Å². The van der Waals surface area contributed by atoms with Gasteiger partial charge in [-0.05, 0) is 80.0 Å². The summed E-state index contributed by atoms with van der Waals surface area (Å²) in [5.74, 6) is 0. The van der Waals surface area contributed by atoms with Crippen molar-refractivity contribution in [2.24, 2.45) is 4.99 Å². The Hall–Kier alpha value is -2.46. The van der Waals surface area contributed by atoms with Gasteiger partial charge in [-0.2, -0.15) is 0 Å². The number of rotatable bonds is 6. The van der Waals surface area contributed by atoms with Crippen LogP contribution in [0.5, 0.6) is 0 Å². The smallest absolute Gasteiger partial charge is 0.0976 e. The first-order valence-electron chi connectivity index (χ1n) is 10.4. The number of hydrogen-bond donors (Lipinski definition) is 0. The molecule has 150 valence electrons. The highest BCUT2D eigenvalue weighted by Crippen LogP contribution is 2.30. The number of aryl methyl sites for hydroxylation is 4. The van der Waals surface area contributed by atoms with Gasteiger partial charge in [0.15, 0.2) is 0 Å². The number of fused-ring (bicyclic) bond motifs is 1. The molecular weight excluding hydrogens is 374 g/mol. The van der Waals surface area contributed by atoms with E-state index >= 15 is 0 Å². The third-order valence-electron chi connectivity index (χ3n) is 5.83. The molecule has 0 aliphatic heterocycles. The van der Waals surface area contributed by atoms with Gasteiger partial charge in [0.2, 0.25) is 0 Å². The third-order valence-corrected chi connectivity index (χ3v) is 6.68. The van der Waals surface area contributed by atoms with Gasteiger partial charge >= 0.3 is 0 Å². The average Bonchev–Trinajstić information content (AvgIpc) is 3.37. The predicted octanol–water partition coefficient (Wildman–Crippen LogP) is 6.12. The molecule has 3 aromatic rings. The highest BCUT2D eigenvalue weighted by Gasteiger charge is 2.13. The highest BCUT2D eigenvalue weighted by molar-refractivity contribution is 7.10. The molecule has 0 unspecified atom stereocenters. The van der Waals surface area contributed by atoms with Crippen molar-refractivity contribution >= 4 is 23.4 Å². The van der Waals surface area contributed by atoms with Gasteiger partial charge in [0.1, 0.15) is 0 Å². The summed E-state index contributed by atoms with van der Waals surface area (Å²) in [6, 6.07) is 11.3. The zero-order valence-corrected chi connectivity index (χ0v) is 18.6. The van der Waals surface area contributed by atoms with Gasteiger partial charge in [0.25, 0.3) is 0 Å². The van der Waals surface area contributed by atoms with E-state index in [1.54, 1.807) is 11.3 Å². The lowest BCUT2D eigenvalue weighted by atomic mass is 10.0. The SMILES string of the molecule is CCN(C)/C=N/c1cc(C)c(Cc2nc(-c3ccc4c(c3)CCC4)cs2)cc1C. The largest absolute Gasteiger partial charge is 0.366 e. The van der Waals surface area contributed by atoms with Crippen molar-refractivity contribution in [3.05, 3.63) is 68.5 Å². The minimum absolute atomic E-state index is 0.876. The molecule has 1 aromatic heterocycles. The molecule has 1 aliphatic carbocycles. The molecule has 4 heteroatoms. The molecule has 0 atom stereocenters. The second kappa shape index (κ2) is 8.50. The van der Waals surface area contributed by atoms with E-state index in [0.29, 0.717) is 0 Å². The lowest BCUT2D eigenvalue weighted by Crippen LogP contribution is -2.14. The maximum atomic E-state index is 4.95. The van der Waals surface area contributed by atoms with Gasteiger partial charge < -0.3 is 4.90 Å². The van der Waals surface area contributed by atoms with Crippen LogP contribution in [0.15, 0.2) is 40.7 Å². The maximum absolute atomic E-state index is 4.95. The summed E-state index contributed by atoms with van der Waals surface area (Å²) < 4.78 is 0. The summed E-state index contributed by atoms with van der Waals surface area (Å²) in [5.41, 5.74) is 10.3. The molecule has 1 aliphatic rings. The van der Waals surface area contributed by atoms with Crippen molar-refractivity contribution in [2.45, 2.75) is 46.5 Å². The van der Waals surface area contributed by atoms with Gasteiger partial charge in [-0.1, -0.05) is 18.2 Å². The summed E-state index contributed by atoms with van der Waals surface area (Å²) in [6.07, 6.45) is 6.51. The van der Waals surface area contributed by atoms with Crippen LogP contribution in [0.1, 0.15) is 46.2 Å². The van der Waals surface area contributed by atoms with E-state index in [-0.39, 0.29) is 0 Å². The first kappa shape index (κ1) is 19.8. The van der Waals surface area contributed by atoms with E-state index in [2.05, 4.69) is 66.4 Å². The Bertz CT molecular complexity index is 1050. The van der Waals surface area contributed by atoms with Crippen molar-refractivity contribution in [1.82, 2.24) is 9.88 Å². The molecule has 0 bridgehead atoms. The molecule has 0 amide bonds. The standard InChI is InChI=1S/C25H29N3S/c1-5-28(4)16-26-23-12-17(2)22(11-18(23)3)14-25-27-24(15-29-25)21-10-9-19-7-6-8-20(19)13-21/h9-13,15-16H,5-8,14H2,1-4H3/b26-16+. The van der Waals surface area contributed by atoms with Crippen LogP contribution >= 0.6 is 11.3 Å². The van der Waals surface area contributed by atoms with Crippen LogP contribution in [0, 0.1) is 13.8 Å². The second-order valence-electron chi connectivity index (χ2n) is 8.02. The van der Waals surface area contributed by atoms with E-state index in [1.165, 1.54) is 57.7 Å². The van der Waals surface area contributed by atoms with Gasteiger partial charge in [-0.25, -0.2) is 9.98 Å². The molecule has 0 spiro atoms. The first-order chi connectivity index (χ1) is 14.0. The Morgan fingerprint density at radius 2 is 1.93 bits per heavy atom. The molecule has 0 N–H and O–H groups in total. The Morgan fingerprint density at radius 3 is 2.76 bits per heavy atom. The van der Waals surface area contributed by atoms with Crippen LogP contribution in [-0.2, 0) is 19.3 Å². The normalized spacial score (nSPS) is 13.2. The van der Waals surface area contributed by atoms with Crippen molar-refractivity contribution < 1.29 is 0 Å². The maximum Gasteiger partial charge on any atom is 0.0976 e. The number of benzene rings is 2. The fourth-order valence-electron chi connectivity index (χ4n) is 3.85. The van der Waals surface area contributed by atoms with Crippen molar-refractivity contribution in [1.29, 1.82) is 0 Å². The molecule has 4 rings (SSSR count). The summed E-state index contributed by atoms with van der Waals surface area (Å²) in [6.45, 7) is 7.39. The zero-order chi connectivity index (χ0) is 20.4. The van der Waals surface area contributed by atoms with E-state index in [1.807, 2.05) is 13.4 Å². The third kappa shape index (κ3) is 4.43. The van der Waals surface area contributed by atoms with Crippen LogP contribution in [0.25, 0.3) is 11.3 Å². The monoisotopic (exact) mass is 403 g/mol. The molecule has 0 saturated heterocycles. The number of hydrogen-bond acceptors (Lipinski definition) is 3. The molecule has 0 saturated carbocycles. The minimum Gasteiger partial charge on any atom is -0.366 e. The molecule has 0 radical (unpaired) electrons. The van der Waals surface area contributed by atoms with E-state index < -0.39 is 0 Å². The second-order valence-corrected chi connectivity index (χ2v) is 8.97. The van der Waals surface area contributed by atoms with Crippen molar-refractivity contribution in [3.8, 4) is 11.3 Å². The molecule has 0 fully saturated rings. The Labute approximate surface area is 178 Å². The van der Waals surface area contributed by atoms with Crippen LogP contribution in [-0.4, -0.2) is 29.8 Å². The average molecular weight is 404 g/mol. The quantitative estimate of drug-likeness (QED) is 0.366. The van der Waals surface area contributed by atoms with E-state index in [4.69, 9.17) is 4.98 Å². The first-order valence-corrected chi connectivity index (χ1v) is 11.3. The lowest BCUT2D eigenvalue weighted by molar-refractivity contribution is 0.552. The van der Waals surface area contributed by atoms with Gasteiger partial charge in [0.05, 0.1) is 22.7 Å². The highest BCUT2D eigenvalue weighted by atomic mass is 32.1. The molecule has 2 aromatic carbocycles. The van der Waals surface area contributed by atoms with Gasteiger partial charge in [0, 0.05) is 31.0 Å². The van der Waals surface area contributed by atoms with Crippen LogP contribution in [0.2, 0.25) is 0 Å². The number of nitrogens with zero attached hydrogens (tertiary/aromatic N) is 3. The van der Waals surface area contributed by atoms with Gasteiger partial charge in [-0.15, -0.1) is 11.3 Å². The Morgan fingerprint density at radius 1 is 1.10 bits per heavy atom. The van der Waals surface area contributed by atoms with E-state index in [9.17, 15) is 0 Å². The topological polar surface area (TPSA) is 28.5 Å². The van der Waals surface area contributed by atoms with E-state index in [0.717, 1.165) is 24.3 Å². The van der Waals surface area contributed by atoms with Crippen molar-refractivity contribution in [3.63, 3.8) is 0 Å². The molecular formula is C25H29N3S. The molecule has 1 heterocycles. The lowest BCUT2D eigenvalue weighted by Gasteiger charge is -2.11. The summed E-state index contributed by atoms with van der Waals surface area (Å²) >= 11 is 1.76. The predicted molar refractivity (Wildman–Crippen MR) is 125 cm³/mol. The minimum atomic E-state index is 0.876. The fraction of sp³-hybridized carbons (Fsp3) is 0.360. The molecule has 29 heavy (non-hydrogen) atoms. The summed E-state index contributed by atoms with van der Waals surface area (Å²) in [4.78, 5) is 11.7. The summed E-state index contributed by atoms with van der Waals surface area (Å²) in [7, 11) is 2.04. The van der Waals surface area contributed by atoms with Crippen LogP contribution in [0.3, 0.4) is 0 Å². The fourth-order valence-corrected chi connectivity index (χ4v) is 4.68. The molecule has 3 nitrogen and oxygen atoms in total. The zero-order valence-electron chi connectivity index (χ0n) is 17.8. The number of aromatic nitrogens is 1. The number of aliphatic imine (C=N–C) groups is 1. The van der Waals surface area contributed by atoms with Crippen LogP contribution < -0.4 is 0 Å².